The summed E-state index contributed by atoms with van der Waals surface area (Å²) in [6, 6.07) is 5.80. The molecule has 0 bridgehead atoms. The van der Waals surface area contributed by atoms with Gasteiger partial charge in [-0.2, -0.15) is 0 Å². The van der Waals surface area contributed by atoms with Gasteiger partial charge in [-0.1, -0.05) is 6.07 Å². The number of carboxylic acid groups (broad SMARTS) is 1. The summed E-state index contributed by atoms with van der Waals surface area (Å²) in [4.78, 5) is 17.1. The number of carboxylic acids is 1. The summed E-state index contributed by atoms with van der Waals surface area (Å²) in [5.74, 6) is 0.246. The molecular formula is C15H20N2O4. The lowest BCUT2D eigenvalue weighted by Gasteiger charge is -2.36. The standard InChI is InChI=1S/C15H20N2O4/c18-15(19)9-17-5-6-20-13-8-11(7-12(13)17)10-21-14-3-1-2-4-16-14/h1-4,11-13H,5-10H2,(H,18,19)/t11-,12-,13+/m0/s1. The Morgan fingerprint density at radius 3 is 3.14 bits per heavy atom. The van der Waals surface area contributed by atoms with E-state index in [1.54, 1.807) is 6.20 Å². The van der Waals surface area contributed by atoms with E-state index in [2.05, 4.69) is 4.98 Å². The Hall–Kier alpha value is -1.66. The molecule has 2 aliphatic rings. The van der Waals surface area contributed by atoms with Crippen molar-refractivity contribution in [3.8, 4) is 5.88 Å². The van der Waals surface area contributed by atoms with Crippen molar-refractivity contribution in [3.05, 3.63) is 24.4 Å². The molecule has 1 aromatic heterocycles. The highest BCUT2D eigenvalue weighted by Gasteiger charge is 2.41. The van der Waals surface area contributed by atoms with Gasteiger partial charge in [0, 0.05) is 24.8 Å². The van der Waals surface area contributed by atoms with Crippen molar-refractivity contribution in [1.29, 1.82) is 0 Å². The maximum atomic E-state index is 10.9. The summed E-state index contributed by atoms with van der Waals surface area (Å²) in [5.41, 5.74) is 0. The second-order valence-corrected chi connectivity index (χ2v) is 5.66. The van der Waals surface area contributed by atoms with Gasteiger partial charge in [0.1, 0.15) is 0 Å². The first-order chi connectivity index (χ1) is 10.2. The maximum absolute atomic E-state index is 10.9. The normalized spacial score (nSPS) is 29.0. The molecule has 6 nitrogen and oxygen atoms in total. The number of aromatic nitrogens is 1. The molecule has 114 valence electrons. The van der Waals surface area contributed by atoms with Gasteiger partial charge in [0.25, 0.3) is 0 Å². The average Bonchev–Trinajstić information content (AvgIpc) is 2.90. The highest BCUT2D eigenvalue weighted by molar-refractivity contribution is 5.69. The van der Waals surface area contributed by atoms with Crippen LogP contribution in [0, 0.1) is 5.92 Å². The van der Waals surface area contributed by atoms with Gasteiger partial charge in [0.2, 0.25) is 5.88 Å². The van der Waals surface area contributed by atoms with Crippen molar-refractivity contribution >= 4 is 5.97 Å². The summed E-state index contributed by atoms with van der Waals surface area (Å²) in [6.07, 6.45) is 3.69. The molecule has 1 N–H and O–H groups in total. The van der Waals surface area contributed by atoms with Gasteiger partial charge in [-0.05, 0) is 24.8 Å². The van der Waals surface area contributed by atoms with E-state index in [1.165, 1.54) is 0 Å². The summed E-state index contributed by atoms with van der Waals surface area (Å²) in [5, 5.41) is 8.99. The quantitative estimate of drug-likeness (QED) is 0.874. The largest absolute Gasteiger partial charge is 0.480 e. The number of hydrogen-bond donors (Lipinski definition) is 1. The van der Waals surface area contributed by atoms with Crippen molar-refractivity contribution in [2.24, 2.45) is 5.92 Å². The summed E-state index contributed by atoms with van der Waals surface area (Å²) in [7, 11) is 0. The van der Waals surface area contributed by atoms with Gasteiger partial charge in [-0.15, -0.1) is 0 Å². The van der Waals surface area contributed by atoms with E-state index in [0.29, 0.717) is 31.6 Å². The van der Waals surface area contributed by atoms with Crippen LogP contribution in [-0.4, -0.2) is 59.4 Å². The zero-order valence-corrected chi connectivity index (χ0v) is 11.9. The SMILES string of the molecule is O=C(O)CN1CCO[C@@H]2C[C@@H](COc3ccccn3)C[C@@H]21. The first-order valence-corrected chi connectivity index (χ1v) is 7.33. The molecule has 0 amide bonds. The zero-order valence-electron chi connectivity index (χ0n) is 11.9. The highest BCUT2D eigenvalue weighted by atomic mass is 16.5. The molecular weight excluding hydrogens is 272 g/mol. The van der Waals surface area contributed by atoms with Gasteiger partial charge in [-0.25, -0.2) is 4.98 Å². The Balaban J connectivity index is 1.54. The van der Waals surface area contributed by atoms with E-state index in [0.717, 1.165) is 12.8 Å². The van der Waals surface area contributed by atoms with Gasteiger partial charge in [0.15, 0.2) is 0 Å². The van der Waals surface area contributed by atoms with Crippen LogP contribution in [0.3, 0.4) is 0 Å². The van der Waals surface area contributed by atoms with E-state index >= 15 is 0 Å². The highest BCUT2D eigenvalue weighted by Crippen LogP contribution is 2.34. The lowest BCUT2D eigenvalue weighted by molar-refractivity contribution is -0.142. The third-order valence-electron chi connectivity index (χ3n) is 4.19. The lowest BCUT2D eigenvalue weighted by atomic mass is 10.1. The molecule has 0 spiro atoms. The molecule has 3 atom stereocenters. The second-order valence-electron chi connectivity index (χ2n) is 5.66. The number of aliphatic carboxylic acids is 1. The third-order valence-corrected chi connectivity index (χ3v) is 4.19. The smallest absolute Gasteiger partial charge is 0.317 e. The van der Waals surface area contributed by atoms with Crippen molar-refractivity contribution in [3.63, 3.8) is 0 Å². The van der Waals surface area contributed by atoms with Crippen molar-refractivity contribution in [1.82, 2.24) is 9.88 Å². The first-order valence-electron chi connectivity index (χ1n) is 7.33. The summed E-state index contributed by atoms with van der Waals surface area (Å²) >= 11 is 0. The summed E-state index contributed by atoms with van der Waals surface area (Å²) < 4.78 is 11.5. The topological polar surface area (TPSA) is 71.9 Å². The predicted octanol–water partition coefficient (Wildman–Crippen LogP) is 1.02. The number of ether oxygens (including phenoxy) is 2. The Kier molecular flexibility index (Phi) is 4.36. The van der Waals surface area contributed by atoms with Crippen LogP contribution >= 0.6 is 0 Å². The third kappa shape index (κ3) is 3.51. The van der Waals surface area contributed by atoms with Crippen LogP contribution in [0.25, 0.3) is 0 Å². The molecule has 1 aliphatic heterocycles. The van der Waals surface area contributed by atoms with Gasteiger partial charge >= 0.3 is 5.97 Å². The molecule has 2 fully saturated rings. The number of morpholine rings is 1. The molecule has 0 unspecified atom stereocenters. The van der Waals surface area contributed by atoms with Gasteiger partial charge in [-0.3, -0.25) is 9.69 Å². The Bertz CT molecular complexity index is 482. The Morgan fingerprint density at radius 1 is 1.48 bits per heavy atom. The van der Waals surface area contributed by atoms with Crippen LogP contribution < -0.4 is 4.74 Å². The van der Waals surface area contributed by atoms with Crippen LogP contribution in [0.4, 0.5) is 0 Å². The van der Waals surface area contributed by atoms with Crippen LogP contribution in [0.2, 0.25) is 0 Å². The predicted molar refractivity (Wildman–Crippen MR) is 75.2 cm³/mol. The molecule has 1 aromatic rings. The van der Waals surface area contributed by atoms with E-state index in [4.69, 9.17) is 14.6 Å². The van der Waals surface area contributed by atoms with Crippen LogP contribution in [0.5, 0.6) is 5.88 Å². The molecule has 21 heavy (non-hydrogen) atoms. The maximum Gasteiger partial charge on any atom is 0.317 e. The minimum absolute atomic E-state index is 0.0956. The fourth-order valence-electron chi connectivity index (χ4n) is 3.27. The van der Waals surface area contributed by atoms with Crippen molar-refractivity contribution in [2.45, 2.75) is 25.0 Å². The molecule has 1 aliphatic carbocycles. The monoisotopic (exact) mass is 292 g/mol. The average molecular weight is 292 g/mol. The van der Waals surface area contributed by atoms with E-state index in [1.807, 2.05) is 23.1 Å². The molecule has 3 rings (SSSR count). The first kappa shape index (κ1) is 14.3. The van der Waals surface area contributed by atoms with Crippen LogP contribution in [-0.2, 0) is 9.53 Å². The van der Waals surface area contributed by atoms with Crippen molar-refractivity contribution in [2.75, 3.05) is 26.3 Å². The minimum atomic E-state index is -0.774. The number of carbonyl (C=O) groups is 1. The molecule has 0 radical (unpaired) electrons. The van der Waals surface area contributed by atoms with E-state index < -0.39 is 5.97 Å². The Labute approximate surface area is 123 Å². The molecule has 2 heterocycles. The number of nitrogens with zero attached hydrogens (tertiary/aromatic N) is 2. The number of hydrogen-bond acceptors (Lipinski definition) is 5. The van der Waals surface area contributed by atoms with Crippen LogP contribution in [0.15, 0.2) is 24.4 Å². The van der Waals surface area contributed by atoms with E-state index in [9.17, 15) is 4.79 Å². The minimum Gasteiger partial charge on any atom is -0.480 e. The zero-order chi connectivity index (χ0) is 14.7. The number of fused-ring (bicyclic) bond motifs is 1. The number of rotatable bonds is 5. The Morgan fingerprint density at radius 2 is 2.38 bits per heavy atom. The molecule has 6 heteroatoms. The summed E-state index contributed by atoms with van der Waals surface area (Å²) in [6.45, 7) is 2.01. The second kappa shape index (κ2) is 6.41. The fraction of sp³-hybridized carbons (Fsp3) is 0.600. The van der Waals surface area contributed by atoms with Crippen LogP contribution in [0.1, 0.15) is 12.8 Å². The van der Waals surface area contributed by atoms with Gasteiger partial charge < -0.3 is 14.6 Å². The molecule has 0 aromatic carbocycles. The van der Waals surface area contributed by atoms with Gasteiger partial charge in [0.05, 0.1) is 25.9 Å². The van der Waals surface area contributed by atoms with Crippen molar-refractivity contribution < 1.29 is 19.4 Å². The lowest BCUT2D eigenvalue weighted by Crippen LogP contribution is -2.50. The van der Waals surface area contributed by atoms with E-state index in [-0.39, 0.29) is 18.7 Å². The molecule has 1 saturated heterocycles. The molecule has 1 saturated carbocycles. The fourth-order valence-corrected chi connectivity index (χ4v) is 3.27. The number of pyridine rings is 1.